The molecule has 1 atom stereocenters. The van der Waals surface area contributed by atoms with E-state index < -0.39 is 17.9 Å². The number of rotatable bonds is 6. The summed E-state index contributed by atoms with van der Waals surface area (Å²) < 4.78 is 5.74. The van der Waals surface area contributed by atoms with Gasteiger partial charge in [-0.1, -0.05) is 93.6 Å². The summed E-state index contributed by atoms with van der Waals surface area (Å²) >= 11 is 0. The Labute approximate surface area is 189 Å². The first-order chi connectivity index (χ1) is 15.3. The lowest BCUT2D eigenvalue weighted by atomic mass is 9.87. The molecular formula is C27H30N2O3. The minimum absolute atomic E-state index is 0.0415. The van der Waals surface area contributed by atoms with Crippen molar-refractivity contribution in [1.29, 1.82) is 0 Å². The number of amides is 2. The van der Waals surface area contributed by atoms with Crippen LogP contribution in [0.5, 0.6) is 5.75 Å². The van der Waals surface area contributed by atoms with Gasteiger partial charge in [-0.15, -0.1) is 0 Å². The number of hydrogen-bond acceptors (Lipinski definition) is 3. The average molecular weight is 431 g/mol. The van der Waals surface area contributed by atoms with Crippen molar-refractivity contribution in [2.45, 2.75) is 45.1 Å². The fraction of sp³-hybridized carbons (Fsp3) is 0.259. The predicted molar refractivity (Wildman–Crippen MR) is 126 cm³/mol. The van der Waals surface area contributed by atoms with Gasteiger partial charge in [0.05, 0.1) is 5.92 Å². The van der Waals surface area contributed by atoms with Crippen LogP contribution in [0.25, 0.3) is 0 Å². The third kappa shape index (κ3) is 5.97. The van der Waals surface area contributed by atoms with Gasteiger partial charge in [0.1, 0.15) is 5.75 Å². The Balaban J connectivity index is 1.62. The van der Waals surface area contributed by atoms with Crippen LogP contribution < -0.4 is 15.6 Å². The monoisotopic (exact) mass is 430 g/mol. The second kappa shape index (κ2) is 10.1. The molecule has 3 aromatic rings. The zero-order valence-electron chi connectivity index (χ0n) is 19.0. The molecule has 3 rings (SSSR count). The lowest BCUT2D eigenvalue weighted by Crippen LogP contribution is -2.48. The molecule has 5 heteroatoms. The van der Waals surface area contributed by atoms with E-state index in [1.165, 1.54) is 5.56 Å². The Morgan fingerprint density at radius 1 is 0.719 bits per heavy atom. The fourth-order valence-electron chi connectivity index (χ4n) is 3.37. The highest BCUT2D eigenvalue weighted by Crippen LogP contribution is 2.25. The highest BCUT2D eigenvalue weighted by molar-refractivity contribution is 5.90. The summed E-state index contributed by atoms with van der Waals surface area (Å²) in [5.74, 6) is -0.701. The molecule has 32 heavy (non-hydrogen) atoms. The first-order valence-electron chi connectivity index (χ1n) is 10.7. The van der Waals surface area contributed by atoms with Gasteiger partial charge in [0, 0.05) is 0 Å². The van der Waals surface area contributed by atoms with Gasteiger partial charge in [-0.3, -0.25) is 20.4 Å². The number of benzene rings is 3. The Hall–Kier alpha value is -3.60. The van der Waals surface area contributed by atoms with E-state index in [1.54, 1.807) is 6.92 Å². The van der Waals surface area contributed by atoms with E-state index in [0.29, 0.717) is 5.75 Å². The van der Waals surface area contributed by atoms with Crippen molar-refractivity contribution in [1.82, 2.24) is 10.9 Å². The first-order valence-corrected chi connectivity index (χ1v) is 10.7. The van der Waals surface area contributed by atoms with E-state index in [1.807, 2.05) is 84.9 Å². The second-order valence-corrected chi connectivity index (χ2v) is 8.77. The van der Waals surface area contributed by atoms with Crippen molar-refractivity contribution in [2.24, 2.45) is 0 Å². The van der Waals surface area contributed by atoms with E-state index in [0.717, 1.165) is 11.1 Å². The smallest absolute Gasteiger partial charge is 0.279 e. The first kappa shape index (κ1) is 23.1. The van der Waals surface area contributed by atoms with Crippen molar-refractivity contribution in [2.75, 3.05) is 0 Å². The highest BCUT2D eigenvalue weighted by Gasteiger charge is 2.24. The average Bonchev–Trinajstić information content (AvgIpc) is 2.79. The second-order valence-electron chi connectivity index (χ2n) is 8.77. The Bertz CT molecular complexity index is 987. The van der Waals surface area contributed by atoms with Gasteiger partial charge in [0.25, 0.3) is 5.91 Å². The third-order valence-electron chi connectivity index (χ3n) is 5.24. The van der Waals surface area contributed by atoms with E-state index >= 15 is 0 Å². The Morgan fingerprint density at radius 2 is 1.19 bits per heavy atom. The number of nitrogens with one attached hydrogen (secondary N) is 2. The number of carbonyl (C=O) groups is 2. The SMILES string of the molecule is CC(Oc1ccc(C(C)(C)C)cc1)C(=O)NNC(=O)C(c1ccccc1)c1ccccc1. The predicted octanol–water partition coefficient (Wildman–Crippen LogP) is 4.73. The van der Waals surface area contributed by atoms with Gasteiger partial charge in [-0.05, 0) is 41.2 Å². The lowest BCUT2D eigenvalue weighted by molar-refractivity contribution is -0.133. The Kier molecular flexibility index (Phi) is 7.31. The minimum Gasteiger partial charge on any atom is -0.481 e. The summed E-state index contributed by atoms with van der Waals surface area (Å²) in [7, 11) is 0. The number of ether oxygens (including phenoxy) is 1. The van der Waals surface area contributed by atoms with Crippen LogP contribution in [0.15, 0.2) is 84.9 Å². The minimum atomic E-state index is -0.775. The summed E-state index contributed by atoms with van der Waals surface area (Å²) in [5, 5.41) is 0. The topological polar surface area (TPSA) is 67.4 Å². The molecule has 3 aromatic carbocycles. The van der Waals surface area contributed by atoms with Crippen LogP contribution in [-0.2, 0) is 15.0 Å². The van der Waals surface area contributed by atoms with Crippen LogP contribution >= 0.6 is 0 Å². The highest BCUT2D eigenvalue weighted by atomic mass is 16.5. The summed E-state index contributed by atoms with van der Waals surface area (Å²) in [6.45, 7) is 8.06. The standard InChI is InChI=1S/C27H30N2O3/c1-19(32-23-17-15-22(16-18-23)27(2,3)4)25(30)28-29-26(31)24(20-11-7-5-8-12-20)21-13-9-6-10-14-21/h5-19,24H,1-4H3,(H,28,30)(H,29,31). The summed E-state index contributed by atoms with van der Waals surface area (Å²) in [6, 6.07) is 26.6. The number of carbonyl (C=O) groups excluding carboxylic acids is 2. The molecule has 0 fully saturated rings. The normalized spacial score (nSPS) is 12.2. The fourth-order valence-corrected chi connectivity index (χ4v) is 3.37. The van der Waals surface area contributed by atoms with E-state index in [4.69, 9.17) is 4.74 Å². The maximum atomic E-state index is 13.0. The van der Waals surface area contributed by atoms with Gasteiger partial charge in [-0.25, -0.2) is 0 Å². The maximum Gasteiger partial charge on any atom is 0.279 e. The van der Waals surface area contributed by atoms with Crippen LogP contribution in [0, 0.1) is 0 Å². The van der Waals surface area contributed by atoms with Gasteiger partial charge < -0.3 is 4.74 Å². The third-order valence-corrected chi connectivity index (χ3v) is 5.24. The van der Waals surface area contributed by atoms with Crippen molar-refractivity contribution < 1.29 is 14.3 Å². The molecule has 0 saturated heterocycles. The maximum absolute atomic E-state index is 13.0. The molecule has 1 unspecified atom stereocenters. The van der Waals surface area contributed by atoms with Gasteiger partial charge in [-0.2, -0.15) is 0 Å². The molecule has 2 amide bonds. The number of hydrogen-bond donors (Lipinski definition) is 2. The number of hydrazine groups is 1. The molecule has 0 spiro atoms. The Morgan fingerprint density at radius 3 is 1.66 bits per heavy atom. The van der Waals surface area contributed by atoms with Crippen LogP contribution in [-0.4, -0.2) is 17.9 Å². The molecule has 0 saturated carbocycles. The van der Waals surface area contributed by atoms with Gasteiger partial charge in [0.15, 0.2) is 6.10 Å². The molecule has 2 N–H and O–H groups in total. The molecule has 0 heterocycles. The molecule has 5 nitrogen and oxygen atoms in total. The van der Waals surface area contributed by atoms with Crippen molar-refractivity contribution in [3.05, 3.63) is 102 Å². The van der Waals surface area contributed by atoms with Crippen LogP contribution in [0.2, 0.25) is 0 Å². The van der Waals surface area contributed by atoms with E-state index in [-0.39, 0.29) is 11.3 Å². The van der Waals surface area contributed by atoms with Crippen molar-refractivity contribution in [3.8, 4) is 5.75 Å². The van der Waals surface area contributed by atoms with E-state index in [2.05, 4.69) is 31.6 Å². The summed E-state index contributed by atoms with van der Waals surface area (Å²) in [4.78, 5) is 25.5. The summed E-state index contributed by atoms with van der Waals surface area (Å²) in [6.07, 6.45) is -0.775. The quantitative estimate of drug-likeness (QED) is 0.556. The molecule has 166 valence electrons. The summed E-state index contributed by atoms with van der Waals surface area (Å²) in [5.41, 5.74) is 7.96. The largest absolute Gasteiger partial charge is 0.481 e. The van der Waals surface area contributed by atoms with Crippen LogP contribution in [0.1, 0.15) is 50.3 Å². The zero-order valence-corrected chi connectivity index (χ0v) is 19.0. The lowest BCUT2D eigenvalue weighted by Gasteiger charge is -2.21. The molecule has 0 aliphatic heterocycles. The van der Waals surface area contributed by atoms with E-state index in [9.17, 15) is 9.59 Å². The molecule has 0 radical (unpaired) electrons. The van der Waals surface area contributed by atoms with Crippen LogP contribution in [0.4, 0.5) is 0 Å². The van der Waals surface area contributed by atoms with Gasteiger partial charge in [0.2, 0.25) is 5.91 Å². The van der Waals surface area contributed by atoms with Crippen molar-refractivity contribution >= 4 is 11.8 Å². The molecule has 0 aliphatic rings. The molecular weight excluding hydrogens is 400 g/mol. The molecule has 0 aromatic heterocycles. The zero-order chi connectivity index (χ0) is 23.1. The molecule has 0 aliphatic carbocycles. The molecule has 0 bridgehead atoms. The van der Waals surface area contributed by atoms with Gasteiger partial charge >= 0.3 is 0 Å². The van der Waals surface area contributed by atoms with Crippen molar-refractivity contribution in [3.63, 3.8) is 0 Å². The van der Waals surface area contributed by atoms with Crippen LogP contribution in [0.3, 0.4) is 0 Å².